The molecule has 180 valence electrons. The van der Waals surface area contributed by atoms with E-state index >= 15 is 0 Å². The highest BCUT2D eigenvalue weighted by Crippen LogP contribution is 2.38. The van der Waals surface area contributed by atoms with E-state index in [9.17, 15) is 14.4 Å². The second kappa shape index (κ2) is 9.84. The van der Waals surface area contributed by atoms with E-state index in [1.807, 2.05) is 17.0 Å². The van der Waals surface area contributed by atoms with E-state index < -0.39 is 5.54 Å². The normalized spacial score (nSPS) is 16.8. The first kappa shape index (κ1) is 24.4. The molecule has 34 heavy (non-hydrogen) atoms. The molecule has 1 heterocycles. The van der Waals surface area contributed by atoms with Crippen LogP contribution in [0, 0.1) is 0 Å². The van der Waals surface area contributed by atoms with Gasteiger partial charge in [-0.05, 0) is 55.2 Å². The molecular formula is C25H28Cl2N4O3. The van der Waals surface area contributed by atoms with Gasteiger partial charge in [-0.3, -0.25) is 14.4 Å². The van der Waals surface area contributed by atoms with E-state index in [1.54, 1.807) is 31.2 Å². The second-order valence-corrected chi connectivity index (χ2v) is 9.79. The van der Waals surface area contributed by atoms with Crippen molar-refractivity contribution in [3.63, 3.8) is 0 Å². The monoisotopic (exact) mass is 502 g/mol. The number of ketones is 1. The highest BCUT2D eigenvalue weighted by atomic mass is 35.5. The predicted octanol–water partition coefficient (Wildman–Crippen LogP) is 3.71. The van der Waals surface area contributed by atoms with Gasteiger partial charge in [-0.2, -0.15) is 0 Å². The lowest BCUT2D eigenvalue weighted by Crippen LogP contribution is -2.48. The minimum atomic E-state index is -0.830. The molecule has 0 atom stereocenters. The molecule has 7 nitrogen and oxygen atoms in total. The summed E-state index contributed by atoms with van der Waals surface area (Å²) in [5.41, 5.74) is 7.80. The fourth-order valence-corrected chi connectivity index (χ4v) is 4.61. The van der Waals surface area contributed by atoms with Gasteiger partial charge in [0.1, 0.15) is 0 Å². The molecule has 2 aromatic carbocycles. The third-order valence-corrected chi connectivity index (χ3v) is 7.37. The van der Waals surface area contributed by atoms with Crippen molar-refractivity contribution in [3.8, 4) is 0 Å². The molecule has 4 rings (SSSR count). The van der Waals surface area contributed by atoms with Gasteiger partial charge in [0.15, 0.2) is 5.78 Å². The zero-order chi connectivity index (χ0) is 24.5. The van der Waals surface area contributed by atoms with Gasteiger partial charge >= 0.3 is 0 Å². The molecule has 1 saturated heterocycles. The number of piperazine rings is 1. The Kier molecular flexibility index (Phi) is 7.05. The Bertz CT molecular complexity index is 1130. The van der Waals surface area contributed by atoms with Crippen LogP contribution >= 0.6 is 23.2 Å². The van der Waals surface area contributed by atoms with Crippen LogP contribution in [0.1, 0.15) is 42.1 Å². The van der Waals surface area contributed by atoms with Gasteiger partial charge in [-0.25, -0.2) is 0 Å². The summed E-state index contributed by atoms with van der Waals surface area (Å²) in [6, 6.07) is 10.7. The Morgan fingerprint density at radius 2 is 1.71 bits per heavy atom. The van der Waals surface area contributed by atoms with E-state index in [-0.39, 0.29) is 17.6 Å². The van der Waals surface area contributed by atoms with E-state index in [0.717, 1.165) is 11.3 Å². The van der Waals surface area contributed by atoms with Crippen LogP contribution in [0.2, 0.25) is 10.0 Å². The van der Waals surface area contributed by atoms with Crippen molar-refractivity contribution in [1.82, 2.24) is 10.2 Å². The van der Waals surface area contributed by atoms with Gasteiger partial charge in [0.2, 0.25) is 5.91 Å². The fraction of sp³-hybridized carbons (Fsp3) is 0.400. The maximum Gasteiger partial charge on any atom is 0.254 e. The molecule has 0 aromatic heterocycles. The summed E-state index contributed by atoms with van der Waals surface area (Å²) in [7, 11) is 0. The number of amides is 2. The number of nitrogens with two attached hydrogens (primary N) is 1. The summed E-state index contributed by atoms with van der Waals surface area (Å²) in [6.07, 6.45) is 2.06. The van der Waals surface area contributed by atoms with Crippen LogP contribution in [0.15, 0.2) is 36.4 Å². The van der Waals surface area contributed by atoms with Crippen molar-refractivity contribution in [2.45, 2.75) is 38.1 Å². The van der Waals surface area contributed by atoms with Crippen molar-refractivity contribution in [3.05, 3.63) is 57.6 Å². The molecule has 2 fully saturated rings. The van der Waals surface area contributed by atoms with Crippen molar-refractivity contribution >= 4 is 52.2 Å². The van der Waals surface area contributed by atoms with Crippen molar-refractivity contribution in [2.24, 2.45) is 0 Å². The number of halogens is 2. The van der Waals surface area contributed by atoms with E-state index in [1.165, 1.54) is 0 Å². The van der Waals surface area contributed by atoms with E-state index in [2.05, 4.69) is 10.2 Å². The summed E-state index contributed by atoms with van der Waals surface area (Å²) < 4.78 is 0. The fourth-order valence-electron chi connectivity index (χ4n) is 4.29. The SMILES string of the molecule is CC(=O)N1CCN(c2ccc(N)c(C(=O)NC3(C(=O)CCc4ccc(Cl)c(Cl)c4)CC3)c2)CC1. The first-order valence-electron chi connectivity index (χ1n) is 11.4. The smallest absolute Gasteiger partial charge is 0.254 e. The van der Waals surface area contributed by atoms with Crippen molar-refractivity contribution in [2.75, 3.05) is 36.8 Å². The third kappa shape index (κ3) is 5.31. The number of hydrogen-bond donors (Lipinski definition) is 2. The summed E-state index contributed by atoms with van der Waals surface area (Å²) in [5, 5.41) is 3.88. The lowest BCUT2D eigenvalue weighted by atomic mass is 10.0. The maximum atomic E-state index is 13.1. The molecule has 1 aliphatic heterocycles. The van der Waals surface area contributed by atoms with Crippen LogP contribution in [-0.2, 0) is 16.0 Å². The second-order valence-electron chi connectivity index (χ2n) is 8.97. The summed E-state index contributed by atoms with van der Waals surface area (Å²) in [6.45, 7) is 4.21. The minimum Gasteiger partial charge on any atom is -0.398 e. The van der Waals surface area contributed by atoms with Gasteiger partial charge in [0, 0.05) is 50.9 Å². The standard InChI is InChI=1S/C25H28Cl2N4O3/c1-16(32)30-10-12-31(13-11-30)18-4-6-22(28)19(15-18)24(34)29-25(8-9-25)23(33)7-3-17-2-5-20(26)21(27)14-17/h2,4-6,14-15H,3,7-13,28H2,1H3,(H,29,34). The summed E-state index contributed by atoms with van der Waals surface area (Å²) >= 11 is 12.0. The molecular weight excluding hydrogens is 475 g/mol. The number of Topliss-reactive ketones (excluding diaryl/α,β-unsaturated/α-hetero) is 1. The predicted molar refractivity (Wildman–Crippen MR) is 135 cm³/mol. The maximum absolute atomic E-state index is 13.1. The largest absolute Gasteiger partial charge is 0.398 e. The highest BCUT2D eigenvalue weighted by Gasteiger charge is 2.50. The van der Waals surface area contributed by atoms with Crippen molar-refractivity contribution < 1.29 is 14.4 Å². The topological polar surface area (TPSA) is 95.7 Å². The zero-order valence-electron chi connectivity index (χ0n) is 19.1. The minimum absolute atomic E-state index is 0.00185. The molecule has 0 bridgehead atoms. The highest BCUT2D eigenvalue weighted by molar-refractivity contribution is 6.42. The Hall–Kier alpha value is -2.77. The molecule has 1 aliphatic carbocycles. The molecule has 9 heteroatoms. The number of carbonyl (C=O) groups is 3. The molecule has 0 spiro atoms. The number of anilines is 2. The molecule has 0 radical (unpaired) electrons. The average molecular weight is 503 g/mol. The van der Waals surface area contributed by atoms with Crippen LogP contribution in [0.25, 0.3) is 0 Å². The van der Waals surface area contributed by atoms with Crippen LogP contribution in [0.5, 0.6) is 0 Å². The molecule has 3 N–H and O–H groups in total. The Labute approximate surface area is 209 Å². The number of rotatable bonds is 7. The van der Waals surface area contributed by atoms with Crippen LogP contribution in [0.3, 0.4) is 0 Å². The average Bonchev–Trinajstić information content (AvgIpc) is 3.60. The number of nitrogens with zero attached hydrogens (tertiary/aromatic N) is 2. The van der Waals surface area contributed by atoms with Crippen molar-refractivity contribution in [1.29, 1.82) is 0 Å². The van der Waals surface area contributed by atoms with Gasteiger partial charge in [-0.1, -0.05) is 29.3 Å². The van der Waals surface area contributed by atoms with Gasteiger partial charge < -0.3 is 20.9 Å². The Balaban J connectivity index is 1.39. The number of nitrogen functional groups attached to an aromatic ring is 1. The number of aryl methyl sites for hydroxylation is 1. The number of carbonyl (C=O) groups excluding carboxylic acids is 3. The van der Waals surface area contributed by atoms with Crippen LogP contribution in [-0.4, -0.2) is 54.2 Å². The van der Waals surface area contributed by atoms with Gasteiger partial charge in [0.25, 0.3) is 5.91 Å². The lowest BCUT2D eigenvalue weighted by Gasteiger charge is -2.35. The first-order valence-corrected chi connectivity index (χ1v) is 12.1. The summed E-state index contributed by atoms with van der Waals surface area (Å²) in [4.78, 5) is 41.6. The van der Waals surface area contributed by atoms with Gasteiger partial charge in [0.05, 0.1) is 21.1 Å². The molecule has 0 unspecified atom stereocenters. The Morgan fingerprint density at radius 3 is 2.32 bits per heavy atom. The van der Waals surface area contributed by atoms with Crippen LogP contribution in [0.4, 0.5) is 11.4 Å². The molecule has 2 aromatic rings. The number of benzene rings is 2. The van der Waals surface area contributed by atoms with E-state index in [4.69, 9.17) is 28.9 Å². The van der Waals surface area contributed by atoms with Gasteiger partial charge in [-0.15, -0.1) is 0 Å². The third-order valence-electron chi connectivity index (χ3n) is 6.63. The molecule has 2 aliphatic rings. The lowest BCUT2D eigenvalue weighted by molar-refractivity contribution is -0.129. The molecule has 1 saturated carbocycles. The van der Waals surface area contributed by atoms with E-state index in [0.29, 0.717) is 73.2 Å². The summed E-state index contributed by atoms with van der Waals surface area (Å²) in [5.74, 6) is -0.278. The first-order chi connectivity index (χ1) is 16.2. The zero-order valence-corrected chi connectivity index (χ0v) is 20.6. The quantitative estimate of drug-likeness (QED) is 0.562. The Morgan fingerprint density at radius 1 is 1.00 bits per heavy atom. The van der Waals surface area contributed by atoms with Crippen LogP contribution < -0.4 is 16.0 Å². The molecule has 2 amide bonds. The number of hydrogen-bond acceptors (Lipinski definition) is 5. The number of nitrogens with one attached hydrogen (secondary N) is 1.